The van der Waals surface area contributed by atoms with Crippen LogP contribution in [-0.2, 0) is 21.4 Å². The highest BCUT2D eigenvalue weighted by Crippen LogP contribution is 2.61. The molecule has 2 fully saturated rings. The van der Waals surface area contributed by atoms with Crippen LogP contribution in [0.3, 0.4) is 0 Å². The van der Waals surface area contributed by atoms with Crippen LogP contribution >= 0.6 is 0 Å². The van der Waals surface area contributed by atoms with Crippen molar-refractivity contribution in [3.8, 4) is 11.8 Å². The lowest BCUT2D eigenvalue weighted by Crippen LogP contribution is -2.39. The molecule has 0 aromatic heterocycles. The Morgan fingerprint density at radius 3 is 2.72 bits per heavy atom. The van der Waals surface area contributed by atoms with Crippen LogP contribution in [0, 0.1) is 17.2 Å². The number of amides is 2. The first kappa shape index (κ1) is 23.9. The lowest BCUT2D eigenvalue weighted by atomic mass is 9.86. The lowest BCUT2D eigenvalue weighted by Gasteiger charge is -2.29. The van der Waals surface area contributed by atoms with Crippen LogP contribution in [0.5, 0.6) is 5.75 Å². The fraction of sp³-hybridized carbons (Fsp3) is 0.429. The maximum Gasteiger partial charge on any atom is 0.303 e. The minimum atomic E-state index is -0.868. The van der Waals surface area contributed by atoms with Crippen LogP contribution < -0.4 is 15.4 Å². The second-order valence-corrected chi connectivity index (χ2v) is 10.0. The normalized spacial score (nSPS) is 21.9. The molecule has 3 aliphatic rings. The molecule has 8 heteroatoms. The Bertz CT molecular complexity index is 1260. The zero-order valence-electron chi connectivity index (χ0n) is 20.0. The first-order chi connectivity index (χ1) is 17.4. The topological polar surface area (TPSA) is 129 Å². The largest absolute Gasteiger partial charge is 0.493 e. The molecule has 2 amide bonds. The number of aliphatic carboxylic acids is 1. The van der Waals surface area contributed by atoms with E-state index in [9.17, 15) is 19.6 Å². The molecule has 0 unspecified atom stereocenters. The standard InChI is InChI=1S/C28H29N3O5/c29-16-17-7-8-18(3-1-6-25(32)33)23(13-17)31-27(35)22-15-28(22)11-12-36-24-10-9-19(14-21(24)28)26(34)30-20-4-2-5-20/h7-10,13-14,20,22H,1-6,11-12,15H2,(H,30,34)(H,31,35)(H,32,33)/t22-,28-/m0/s1. The summed E-state index contributed by atoms with van der Waals surface area (Å²) < 4.78 is 5.86. The number of nitrogens with zero attached hydrogens (tertiary/aromatic N) is 1. The number of carboxylic acid groups (broad SMARTS) is 1. The summed E-state index contributed by atoms with van der Waals surface area (Å²) in [6.45, 7) is 0.509. The molecule has 2 aromatic carbocycles. The quantitative estimate of drug-likeness (QED) is 0.518. The summed E-state index contributed by atoms with van der Waals surface area (Å²) in [5, 5.41) is 24.4. The SMILES string of the molecule is N#Cc1ccc(CCCC(=O)O)c(NC(=O)[C@@H]2C[C@]23CCOc2ccc(C(=O)NC4CCC4)cc23)c1. The number of anilines is 1. The van der Waals surface area contributed by atoms with E-state index >= 15 is 0 Å². The van der Waals surface area contributed by atoms with Crippen LogP contribution in [0.1, 0.15) is 72.0 Å². The van der Waals surface area contributed by atoms with Crippen LogP contribution in [-0.4, -0.2) is 35.5 Å². The van der Waals surface area contributed by atoms with E-state index in [4.69, 9.17) is 9.84 Å². The Morgan fingerprint density at radius 2 is 2.00 bits per heavy atom. The molecule has 1 spiro atoms. The van der Waals surface area contributed by atoms with Crippen molar-refractivity contribution in [2.45, 2.75) is 62.8 Å². The van der Waals surface area contributed by atoms with Gasteiger partial charge in [-0.15, -0.1) is 0 Å². The molecule has 1 heterocycles. The molecule has 2 aromatic rings. The Kier molecular flexibility index (Phi) is 6.40. The third kappa shape index (κ3) is 4.66. The number of fused-ring (bicyclic) bond motifs is 2. The zero-order chi connectivity index (χ0) is 25.3. The van der Waals surface area contributed by atoms with Gasteiger partial charge in [-0.2, -0.15) is 5.26 Å². The van der Waals surface area contributed by atoms with Crippen LogP contribution in [0.2, 0.25) is 0 Å². The molecule has 2 aliphatic carbocycles. The average Bonchev–Trinajstić information content (AvgIpc) is 3.56. The molecular weight excluding hydrogens is 458 g/mol. The van der Waals surface area contributed by atoms with Crippen molar-refractivity contribution in [1.29, 1.82) is 5.26 Å². The number of nitriles is 1. The first-order valence-corrected chi connectivity index (χ1v) is 12.5. The van der Waals surface area contributed by atoms with E-state index in [-0.39, 0.29) is 35.6 Å². The van der Waals surface area contributed by atoms with E-state index < -0.39 is 5.97 Å². The maximum absolute atomic E-state index is 13.4. The summed E-state index contributed by atoms with van der Waals surface area (Å²) in [5.41, 5.74) is 2.90. The maximum atomic E-state index is 13.4. The van der Waals surface area contributed by atoms with Gasteiger partial charge in [0.1, 0.15) is 5.75 Å². The van der Waals surface area contributed by atoms with E-state index in [1.807, 2.05) is 12.1 Å². The Balaban J connectivity index is 1.34. The number of benzene rings is 2. The highest BCUT2D eigenvalue weighted by molar-refractivity contribution is 5.98. The summed E-state index contributed by atoms with van der Waals surface area (Å²) in [6.07, 6.45) is 5.47. The zero-order valence-corrected chi connectivity index (χ0v) is 20.0. The number of rotatable bonds is 8. The minimum absolute atomic E-state index is 0.0343. The van der Waals surface area contributed by atoms with Gasteiger partial charge in [0.2, 0.25) is 5.91 Å². The van der Waals surface area contributed by atoms with Gasteiger partial charge in [-0.05, 0) is 80.8 Å². The Labute approximate surface area is 209 Å². The summed E-state index contributed by atoms with van der Waals surface area (Å²) in [4.78, 5) is 37.1. The molecule has 5 rings (SSSR count). The molecule has 1 aliphatic heterocycles. The number of hydrogen-bond acceptors (Lipinski definition) is 5. The van der Waals surface area contributed by atoms with Gasteiger partial charge in [0.05, 0.1) is 18.2 Å². The molecule has 36 heavy (non-hydrogen) atoms. The van der Waals surface area contributed by atoms with E-state index in [2.05, 4.69) is 16.7 Å². The summed E-state index contributed by atoms with van der Waals surface area (Å²) in [5.74, 6) is -0.653. The smallest absolute Gasteiger partial charge is 0.303 e. The molecule has 2 saturated carbocycles. The van der Waals surface area contributed by atoms with Crippen LogP contribution in [0.15, 0.2) is 36.4 Å². The van der Waals surface area contributed by atoms with Crippen molar-refractivity contribution in [3.63, 3.8) is 0 Å². The van der Waals surface area contributed by atoms with E-state index in [1.54, 1.807) is 24.3 Å². The Morgan fingerprint density at radius 1 is 1.17 bits per heavy atom. The van der Waals surface area contributed by atoms with Crippen molar-refractivity contribution >= 4 is 23.5 Å². The number of nitrogens with one attached hydrogen (secondary N) is 2. The average molecular weight is 488 g/mol. The Hall–Kier alpha value is -3.86. The molecular formula is C28H29N3O5. The van der Waals surface area contributed by atoms with Gasteiger partial charge in [-0.1, -0.05) is 6.07 Å². The molecule has 3 N–H and O–H groups in total. The fourth-order valence-corrected chi connectivity index (χ4v) is 5.34. The number of hydrogen-bond donors (Lipinski definition) is 3. The van der Waals surface area contributed by atoms with Gasteiger partial charge in [-0.3, -0.25) is 14.4 Å². The second-order valence-electron chi connectivity index (χ2n) is 10.0. The van der Waals surface area contributed by atoms with Crippen molar-refractivity contribution in [3.05, 3.63) is 58.7 Å². The molecule has 186 valence electrons. The third-order valence-electron chi connectivity index (χ3n) is 7.75. The molecule has 0 saturated heterocycles. The monoisotopic (exact) mass is 487 g/mol. The lowest BCUT2D eigenvalue weighted by molar-refractivity contribution is -0.137. The first-order valence-electron chi connectivity index (χ1n) is 12.5. The van der Waals surface area contributed by atoms with Gasteiger partial charge in [0.25, 0.3) is 5.91 Å². The number of aryl methyl sites for hydroxylation is 1. The van der Waals surface area contributed by atoms with E-state index in [1.165, 1.54) is 0 Å². The number of ether oxygens (including phenoxy) is 1. The third-order valence-corrected chi connectivity index (χ3v) is 7.75. The fourth-order valence-electron chi connectivity index (χ4n) is 5.34. The predicted molar refractivity (Wildman–Crippen MR) is 132 cm³/mol. The highest BCUT2D eigenvalue weighted by Gasteiger charge is 2.61. The van der Waals surface area contributed by atoms with Gasteiger partial charge in [0.15, 0.2) is 0 Å². The second kappa shape index (κ2) is 9.65. The summed E-state index contributed by atoms with van der Waals surface area (Å²) in [6, 6.07) is 12.9. The van der Waals surface area contributed by atoms with Crippen LogP contribution in [0.25, 0.3) is 0 Å². The number of carboxylic acids is 1. The number of carbonyl (C=O) groups is 3. The van der Waals surface area contributed by atoms with E-state index in [0.29, 0.717) is 49.1 Å². The molecule has 0 radical (unpaired) electrons. The molecule has 2 atom stereocenters. The predicted octanol–water partition coefficient (Wildman–Crippen LogP) is 3.93. The van der Waals surface area contributed by atoms with Crippen molar-refractivity contribution in [2.24, 2.45) is 5.92 Å². The molecule has 0 bridgehead atoms. The van der Waals surface area contributed by atoms with Gasteiger partial charge < -0.3 is 20.5 Å². The molecule has 8 nitrogen and oxygen atoms in total. The van der Waals surface area contributed by atoms with Crippen molar-refractivity contribution in [2.75, 3.05) is 11.9 Å². The number of carbonyl (C=O) groups excluding carboxylic acids is 2. The van der Waals surface area contributed by atoms with Crippen molar-refractivity contribution in [1.82, 2.24) is 5.32 Å². The van der Waals surface area contributed by atoms with Gasteiger partial charge in [0, 0.05) is 40.6 Å². The minimum Gasteiger partial charge on any atom is -0.493 e. The summed E-state index contributed by atoms with van der Waals surface area (Å²) in [7, 11) is 0. The van der Waals surface area contributed by atoms with Gasteiger partial charge >= 0.3 is 5.97 Å². The summed E-state index contributed by atoms with van der Waals surface area (Å²) >= 11 is 0. The van der Waals surface area contributed by atoms with Crippen molar-refractivity contribution < 1.29 is 24.2 Å². The highest BCUT2D eigenvalue weighted by atomic mass is 16.5. The van der Waals surface area contributed by atoms with E-state index in [0.717, 1.165) is 36.1 Å². The van der Waals surface area contributed by atoms with Gasteiger partial charge in [-0.25, -0.2) is 0 Å². The van der Waals surface area contributed by atoms with Crippen LogP contribution in [0.4, 0.5) is 5.69 Å².